The van der Waals surface area contributed by atoms with Crippen molar-refractivity contribution < 1.29 is 4.74 Å². The first kappa shape index (κ1) is 23.0. The molecule has 3 nitrogen and oxygen atoms in total. The highest BCUT2D eigenvalue weighted by molar-refractivity contribution is 5.88. The molecule has 3 aromatic rings. The number of hydrogen-bond donors (Lipinski definition) is 1. The summed E-state index contributed by atoms with van der Waals surface area (Å²) < 4.78 is 8.03. The van der Waals surface area contributed by atoms with E-state index in [-0.39, 0.29) is 11.0 Å². The molecule has 0 amide bonds. The van der Waals surface area contributed by atoms with Gasteiger partial charge in [-0.1, -0.05) is 69.0 Å². The van der Waals surface area contributed by atoms with Crippen LogP contribution in [0, 0.1) is 0 Å². The van der Waals surface area contributed by atoms with Gasteiger partial charge in [-0.3, -0.25) is 0 Å². The topological polar surface area (TPSA) is 26.2 Å². The van der Waals surface area contributed by atoms with Gasteiger partial charge in [-0.05, 0) is 62.1 Å². The Kier molecular flexibility index (Phi) is 6.25. The third-order valence-electron chi connectivity index (χ3n) is 7.49. The second kappa shape index (κ2) is 8.97. The molecule has 0 saturated carbocycles. The lowest BCUT2D eigenvalue weighted by atomic mass is 9.69. The van der Waals surface area contributed by atoms with Gasteiger partial charge >= 0.3 is 0 Å². The quantitative estimate of drug-likeness (QED) is 0.364. The molecule has 0 unspecified atom stereocenters. The Morgan fingerprint density at radius 3 is 2.45 bits per heavy atom. The monoisotopic (exact) mass is 440 g/mol. The smallest absolute Gasteiger partial charge is 0.135 e. The Morgan fingerprint density at radius 1 is 1.03 bits per heavy atom. The van der Waals surface area contributed by atoms with Crippen molar-refractivity contribution >= 4 is 22.3 Å². The third kappa shape index (κ3) is 4.25. The van der Waals surface area contributed by atoms with E-state index in [0.717, 1.165) is 30.8 Å². The van der Waals surface area contributed by atoms with E-state index < -0.39 is 0 Å². The highest BCUT2D eigenvalue weighted by Crippen LogP contribution is 2.44. The van der Waals surface area contributed by atoms with Gasteiger partial charge < -0.3 is 14.6 Å². The van der Waals surface area contributed by atoms with Crippen LogP contribution in [0.5, 0.6) is 0 Å². The van der Waals surface area contributed by atoms with E-state index in [1.807, 2.05) is 0 Å². The molecule has 0 radical (unpaired) electrons. The maximum Gasteiger partial charge on any atom is 0.135 e. The Morgan fingerprint density at radius 2 is 1.79 bits per heavy atom. The fraction of sp³-hybridized carbons (Fsp3) is 0.333. The van der Waals surface area contributed by atoms with Crippen LogP contribution >= 0.6 is 0 Å². The zero-order chi connectivity index (χ0) is 23.6. The Balaban J connectivity index is 1.77. The first-order valence-electron chi connectivity index (χ1n) is 11.8. The number of aromatic nitrogens is 1. The zero-order valence-corrected chi connectivity index (χ0v) is 20.6. The average Bonchev–Trinajstić information content (AvgIpc) is 3.23. The summed E-state index contributed by atoms with van der Waals surface area (Å²) >= 11 is 0. The van der Waals surface area contributed by atoms with Crippen molar-refractivity contribution in [2.45, 2.75) is 51.5 Å². The minimum Gasteiger partial charge on any atom is -0.495 e. The number of ether oxygens (including phenoxy) is 1. The number of allylic oxidation sites excluding steroid dienone is 2. The molecule has 0 bridgehead atoms. The third-order valence-corrected chi connectivity index (χ3v) is 7.49. The summed E-state index contributed by atoms with van der Waals surface area (Å²) in [4.78, 5) is 0. The lowest BCUT2D eigenvalue weighted by molar-refractivity contribution is 0.203. The number of rotatable bonds is 8. The summed E-state index contributed by atoms with van der Waals surface area (Å²) in [6.07, 6.45) is 9.06. The van der Waals surface area contributed by atoms with Gasteiger partial charge in [-0.15, -0.1) is 0 Å². The molecule has 33 heavy (non-hydrogen) atoms. The van der Waals surface area contributed by atoms with Crippen LogP contribution in [0.1, 0.15) is 51.8 Å². The second-order valence-corrected chi connectivity index (χ2v) is 9.93. The summed E-state index contributed by atoms with van der Waals surface area (Å²) in [5.41, 5.74) is 5.57. The molecule has 4 rings (SSSR count). The van der Waals surface area contributed by atoms with Crippen LogP contribution in [-0.2, 0) is 15.7 Å². The predicted octanol–water partition coefficient (Wildman–Crippen LogP) is 7.66. The van der Waals surface area contributed by atoms with Crippen LogP contribution in [0.3, 0.4) is 0 Å². The number of anilines is 1. The van der Waals surface area contributed by atoms with Crippen molar-refractivity contribution in [3.63, 3.8) is 0 Å². The maximum atomic E-state index is 5.63. The summed E-state index contributed by atoms with van der Waals surface area (Å²) in [5, 5.41) is 4.77. The largest absolute Gasteiger partial charge is 0.495 e. The van der Waals surface area contributed by atoms with E-state index >= 15 is 0 Å². The van der Waals surface area contributed by atoms with Crippen LogP contribution in [0.25, 0.3) is 16.7 Å². The number of nitrogens with one attached hydrogen (secondary N) is 1. The molecule has 3 heteroatoms. The predicted molar refractivity (Wildman–Crippen MR) is 142 cm³/mol. The van der Waals surface area contributed by atoms with E-state index in [0.29, 0.717) is 5.76 Å². The first-order valence-corrected chi connectivity index (χ1v) is 11.8. The fourth-order valence-corrected chi connectivity index (χ4v) is 4.73. The van der Waals surface area contributed by atoms with Crippen LogP contribution < -0.4 is 5.32 Å². The Labute approximate surface area is 198 Å². The van der Waals surface area contributed by atoms with Gasteiger partial charge in [0.25, 0.3) is 0 Å². The minimum absolute atomic E-state index is 0.139. The first-order chi connectivity index (χ1) is 15.8. The molecule has 0 fully saturated rings. The SMILES string of the molecule is C=C(OC)c1cc2cc(NCC3=CCCC=C3)ccc2n1C(C)(C)C(C)(C)c1ccccc1. The van der Waals surface area contributed by atoms with Crippen molar-refractivity contribution in [1.82, 2.24) is 4.57 Å². The molecule has 0 spiro atoms. The number of benzene rings is 2. The minimum atomic E-state index is -0.250. The molecular formula is C30H36N2O. The lowest BCUT2D eigenvalue weighted by Gasteiger charge is -2.45. The highest BCUT2D eigenvalue weighted by Gasteiger charge is 2.42. The number of methoxy groups -OCH3 is 1. The van der Waals surface area contributed by atoms with Gasteiger partial charge in [0, 0.05) is 34.1 Å². The molecule has 1 aromatic heterocycles. The van der Waals surface area contributed by atoms with Crippen molar-refractivity contribution in [3.05, 3.63) is 96.2 Å². The van der Waals surface area contributed by atoms with Gasteiger partial charge in [0.2, 0.25) is 0 Å². The molecule has 1 N–H and O–H groups in total. The van der Waals surface area contributed by atoms with Crippen molar-refractivity contribution in [3.8, 4) is 0 Å². The van der Waals surface area contributed by atoms with Gasteiger partial charge in [0.1, 0.15) is 5.76 Å². The van der Waals surface area contributed by atoms with Gasteiger partial charge in [0.05, 0.1) is 12.8 Å². The molecule has 0 saturated heterocycles. The molecule has 0 atom stereocenters. The van der Waals surface area contributed by atoms with Crippen LogP contribution in [0.2, 0.25) is 0 Å². The standard InChI is InChI=1S/C30H36N2O/c1-22(33-6)28-20-24-19-26(31-21-23-13-9-7-10-14-23)17-18-27(24)32(28)30(4,5)29(2,3)25-15-11-8-12-16-25/h8-9,11-20,31H,1,7,10,21H2,2-6H3. The normalized spacial score (nSPS) is 14.3. The number of hydrogen-bond acceptors (Lipinski definition) is 2. The lowest BCUT2D eigenvalue weighted by Crippen LogP contribution is -2.45. The summed E-state index contributed by atoms with van der Waals surface area (Å²) in [7, 11) is 1.69. The van der Waals surface area contributed by atoms with E-state index in [4.69, 9.17) is 4.74 Å². The molecule has 172 valence electrons. The van der Waals surface area contributed by atoms with Crippen molar-refractivity contribution in [2.75, 3.05) is 19.0 Å². The highest BCUT2D eigenvalue weighted by atomic mass is 16.5. The molecule has 1 heterocycles. The van der Waals surface area contributed by atoms with Gasteiger partial charge in [-0.2, -0.15) is 0 Å². The van der Waals surface area contributed by atoms with E-state index in [1.54, 1.807) is 7.11 Å². The summed E-state index contributed by atoms with van der Waals surface area (Å²) in [6, 6.07) is 19.6. The average molecular weight is 441 g/mol. The van der Waals surface area contributed by atoms with Gasteiger partial charge in [-0.25, -0.2) is 0 Å². The Hall–Kier alpha value is -3.20. The summed E-state index contributed by atoms with van der Waals surface area (Å²) in [5.74, 6) is 0.676. The Bertz CT molecular complexity index is 1210. The van der Waals surface area contributed by atoms with Crippen LogP contribution in [-0.4, -0.2) is 18.2 Å². The van der Waals surface area contributed by atoms with Crippen LogP contribution in [0.15, 0.2) is 85.0 Å². The molecule has 0 aliphatic heterocycles. The fourth-order valence-electron chi connectivity index (χ4n) is 4.73. The number of nitrogens with zero attached hydrogens (tertiary/aromatic N) is 1. The summed E-state index contributed by atoms with van der Waals surface area (Å²) in [6.45, 7) is 14.3. The van der Waals surface area contributed by atoms with E-state index in [9.17, 15) is 0 Å². The zero-order valence-electron chi connectivity index (χ0n) is 20.6. The van der Waals surface area contributed by atoms with Gasteiger partial charge in [0.15, 0.2) is 0 Å². The van der Waals surface area contributed by atoms with Crippen molar-refractivity contribution in [1.29, 1.82) is 0 Å². The van der Waals surface area contributed by atoms with E-state index in [1.165, 1.54) is 22.0 Å². The van der Waals surface area contributed by atoms with E-state index in [2.05, 4.69) is 117 Å². The molecule has 2 aromatic carbocycles. The maximum absolute atomic E-state index is 5.63. The molecular weight excluding hydrogens is 404 g/mol. The van der Waals surface area contributed by atoms with Crippen LogP contribution in [0.4, 0.5) is 5.69 Å². The second-order valence-electron chi connectivity index (χ2n) is 9.93. The molecule has 1 aliphatic rings. The van der Waals surface area contributed by atoms with Crippen molar-refractivity contribution in [2.24, 2.45) is 0 Å². The number of fused-ring (bicyclic) bond motifs is 1. The molecule has 1 aliphatic carbocycles.